The van der Waals surface area contributed by atoms with E-state index in [-0.39, 0.29) is 6.54 Å². The number of benzene rings is 1. The van der Waals surface area contributed by atoms with Crippen molar-refractivity contribution in [3.05, 3.63) is 59.5 Å². The van der Waals surface area contributed by atoms with Crippen LogP contribution in [0.4, 0.5) is 0 Å². The van der Waals surface area contributed by atoms with Crippen LogP contribution in [0.5, 0.6) is 0 Å². The molecule has 0 bridgehead atoms. The number of hydrogen-bond donors (Lipinski definition) is 3. The Morgan fingerprint density at radius 2 is 1.78 bits per heavy atom. The zero-order valence-corrected chi connectivity index (χ0v) is 12.9. The van der Waals surface area contributed by atoms with Crippen LogP contribution < -0.4 is 10.6 Å². The number of hydrogen-bond acceptors (Lipinski definition) is 4. The fourth-order valence-corrected chi connectivity index (χ4v) is 2.05. The maximum Gasteiger partial charge on any atom is 0.309 e. The summed E-state index contributed by atoms with van der Waals surface area (Å²) in [5, 5.41) is 14.8. The van der Waals surface area contributed by atoms with Crippen molar-refractivity contribution in [3.63, 3.8) is 0 Å². The molecule has 6 nitrogen and oxygen atoms in total. The molecule has 0 aliphatic carbocycles. The highest BCUT2D eigenvalue weighted by molar-refractivity contribution is 6.35. The standard InChI is InChI=1S/C17H20N2O4/c1-12-7-8-15(23-12)14(20)11-19-17(22)16(21)18-10-9-13-5-3-2-4-6-13/h2-8,14,20H,9-11H2,1H3,(H,18,21)(H,19,22). The van der Waals surface area contributed by atoms with Gasteiger partial charge in [0.1, 0.15) is 17.6 Å². The van der Waals surface area contributed by atoms with Crippen LogP contribution in [0.3, 0.4) is 0 Å². The highest BCUT2D eigenvalue weighted by Crippen LogP contribution is 2.14. The third kappa shape index (κ3) is 5.27. The Bertz CT molecular complexity index is 652. The van der Waals surface area contributed by atoms with E-state index in [1.165, 1.54) is 0 Å². The van der Waals surface area contributed by atoms with Gasteiger partial charge >= 0.3 is 11.8 Å². The molecule has 3 N–H and O–H groups in total. The maximum absolute atomic E-state index is 11.7. The van der Waals surface area contributed by atoms with E-state index in [0.29, 0.717) is 24.5 Å². The lowest BCUT2D eigenvalue weighted by Gasteiger charge is -2.10. The van der Waals surface area contributed by atoms with E-state index in [4.69, 9.17) is 4.42 Å². The van der Waals surface area contributed by atoms with Crippen LogP contribution in [0, 0.1) is 6.92 Å². The van der Waals surface area contributed by atoms with Crippen molar-refractivity contribution in [2.45, 2.75) is 19.4 Å². The molecule has 6 heteroatoms. The van der Waals surface area contributed by atoms with Crippen molar-refractivity contribution in [1.29, 1.82) is 0 Å². The molecule has 1 atom stereocenters. The van der Waals surface area contributed by atoms with Gasteiger partial charge in [0, 0.05) is 6.54 Å². The number of carbonyl (C=O) groups is 2. The first-order chi connectivity index (χ1) is 11.1. The maximum atomic E-state index is 11.7. The van der Waals surface area contributed by atoms with Crippen molar-refractivity contribution >= 4 is 11.8 Å². The summed E-state index contributed by atoms with van der Waals surface area (Å²) in [7, 11) is 0. The first-order valence-corrected chi connectivity index (χ1v) is 7.40. The first-order valence-electron chi connectivity index (χ1n) is 7.40. The molecule has 2 aromatic rings. The average Bonchev–Trinajstić information content (AvgIpc) is 2.99. The molecular formula is C17H20N2O4. The number of carbonyl (C=O) groups excluding carboxylic acids is 2. The number of aryl methyl sites for hydroxylation is 1. The number of aliphatic hydroxyl groups is 1. The summed E-state index contributed by atoms with van der Waals surface area (Å²) in [6.07, 6.45) is -0.335. The van der Waals surface area contributed by atoms with Gasteiger partial charge in [0.15, 0.2) is 0 Å². The second kappa shape index (κ2) is 8.14. The lowest BCUT2D eigenvalue weighted by atomic mass is 10.1. The van der Waals surface area contributed by atoms with Crippen LogP contribution >= 0.6 is 0 Å². The fraction of sp³-hybridized carbons (Fsp3) is 0.294. The summed E-state index contributed by atoms with van der Waals surface area (Å²) in [5.41, 5.74) is 1.08. The van der Waals surface area contributed by atoms with E-state index in [0.717, 1.165) is 5.56 Å². The van der Waals surface area contributed by atoms with Gasteiger partial charge in [-0.25, -0.2) is 0 Å². The minimum atomic E-state index is -0.982. The minimum absolute atomic E-state index is 0.0854. The monoisotopic (exact) mass is 316 g/mol. The second-order valence-electron chi connectivity index (χ2n) is 5.17. The number of aliphatic hydroxyl groups excluding tert-OH is 1. The summed E-state index contributed by atoms with van der Waals surface area (Å²) >= 11 is 0. The molecule has 0 radical (unpaired) electrons. The van der Waals surface area contributed by atoms with E-state index >= 15 is 0 Å². The Labute approximate surface area is 134 Å². The predicted octanol–water partition coefficient (Wildman–Crippen LogP) is 1.10. The zero-order chi connectivity index (χ0) is 16.7. The van der Waals surface area contributed by atoms with Gasteiger partial charge in [-0.2, -0.15) is 0 Å². The van der Waals surface area contributed by atoms with Gasteiger partial charge < -0.3 is 20.2 Å². The largest absolute Gasteiger partial charge is 0.464 e. The normalized spacial score (nSPS) is 11.7. The summed E-state index contributed by atoms with van der Waals surface area (Å²) in [4.78, 5) is 23.3. The minimum Gasteiger partial charge on any atom is -0.464 e. The molecule has 0 saturated carbocycles. The number of rotatable bonds is 6. The van der Waals surface area contributed by atoms with Gasteiger partial charge in [-0.15, -0.1) is 0 Å². The molecular weight excluding hydrogens is 296 g/mol. The van der Waals surface area contributed by atoms with Crippen molar-refractivity contribution in [1.82, 2.24) is 10.6 Å². The van der Waals surface area contributed by atoms with Crippen molar-refractivity contribution in [2.75, 3.05) is 13.1 Å². The van der Waals surface area contributed by atoms with E-state index < -0.39 is 17.9 Å². The van der Waals surface area contributed by atoms with Gasteiger partial charge in [0.2, 0.25) is 0 Å². The Kier molecular flexibility index (Phi) is 5.94. The quantitative estimate of drug-likeness (QED) is 0.696. The Balaban J connectivity index is 1.69. The molecule has 23 heavy (non-hydrogen) atoms. The Morgan fingerprint density at radius 1 is 1.09 bits per heavy atom. The van der Waals surface area contributed by atoms with Crippen molar-refractivity contribution < 1.29 is 19.1 Å². The SMILES string of the molecule is Cc1ccc(C(O)CNC(=O)C(=O)NCCc2ccccc2)o1. The highest BCUT2D eigenvalue weighted by Gasteiger charge is 2.17. The third-order valence-electron chi connectivity index (χ3n) is 3.29. The highest BCUT2D eigenvalue weighted by atomic mass is 16.4. The molecule has 2 amide bonds. The topological polar surface area (TPSA) is 91.6 Å². The fourth-order valence-electron chi connectivity index (χ4n) is 2.05. The van der Waals surface area contributed by atoms with E-state index in [9.17, 15) is 14.7 Å². The smallest absolute Gasteiger partial charge is 0.309 e. The number of furan rings is 1. The van der Waals surface area contributed by atoms with Gasteiger partial charge in [-0.1, -0.05) is 30.3 Å². The molecule has 0 aliphatic rings. The van der Waals surface area contributed by atoms with E-state index in [2.05, 4.69) is 10.6 Å². The molecule has 2 rings (SSSR count). The van der Waals surface area contributed by atoms with Crippen LogP contribution in [0.15, 0.2) is 46.9 Å². The van der Waals surface area contributed by atoms with Crippen LogP contribution in [-0.4, -0.2) is 30.0 Å². The Hall–Kier alpha value is -2.60. The summed E-state index contributed by atoms with van der Waals surface area (Å²) < 4.78 is 5.25. The molecule has 122 valence electrons. The van der Waals surface area contributed by atoms with Crippen LogP contribution in [0.25, 0.3) is 0 Å². The lowest BCUT2D eigenvalue weighted by Crippen LogP contribution is -2.42. The number of nitrogens with one attached hydrogen (secondary N) is 2. The zero-order valence-electron chi connectivity index (χ0n) is 12.9. The molecule has 1 aromatic carbocycles. The summed E-state index contributed by atoms with van der Waals surface area (Å²) in [6.45, 7) is 2.04. The van der Waals surface area contributed by atoms with Gasteiger partial charge in [0.25, 0.3) is 0 Å². The molecule has 0 fully saturated rings. The molecule has 1 unspecified atom stereocenters. The number of amides is 2. The average molecular weight is 316 g/mol. The molecule has 0 aliphatic heterocycles. The van der Waals surface area contributed by atoms with Crippen molar-refractivity contribution in [2.24, 2.45) is 0 Å². The van der Waals surface area contributed by atoms with E-state index in [1.807, 2.05) is 30.3 Å². The predicted molar refractivity (Wildman–Crippen MR) is 84.6 cm³/mol. The molecule has 0 spiro atoms. The first kappa shape index (κ1) is 16.8. The van der Waals surface area contributed by atoms with E-state index in [1.54, 1.807) is 19.1 Å². The Morgan fingerprint density at radius 3 is 2.43 bits per heavy atom. The van der Waals surface area contributed by atoms with Gasteiger partial charge in [-0.3, -0.25) is 9.59 Å². The summed E-state index contributed by atoms with van der Waals surface area (Å²) in [5.74, 6) is -0.472. The van der Waals surface area contributed by atoms with Crippen LogP contribution in [0.2, 0.25) is 0 Å². The lowest BCUT2D eigenvalue weighted by molar-refractivity contribution is -0.139. The second-order valence-corrected chi connectivity index (χ2v) is 5.17. The third-order valence-corrected chi connectivity index (χ3v) is 3.29. The van der Waals surface area contributed by atoms with Crippen LogP contribution in [-0.2, 0) is 16.0 Å². The van der Waals surface area contributed by atoms with Gasteiger partial charge in [0.05, 0.1) is 6.54 Å². The molecule has 1 aromatic heterocycles. The van der Waals surface area contributed by atoms with Gasteiger partial charge in [-0.05, 0) is 31.0 Å². The molecule has 0 saturated heterocycles. The van der Waals surface area contributed by atoms with Crippen molar-refractivity contribution in [3.8, 4) is 0 Å². The molecule has 1 heterocycles. The van der Waals surface area contributed by atoms with Crippen LogP contribution in [0.1, 0.15) is 23.2 Å². The summed E-state index contributed by atoms with van der Waals surface area (Å²) in [6, 6.07) is 13.0.